The summed E-state index contributed by atoms with van der Waals surface area (Å²) in [6.45, 7) is 7.08. The van der Waals surface area contributed by atoms with Crippen LogP contribution < -0.4 is 4.90 Å². The lowest BCUT2D eigenvalue weighted by Gasteiger charge is -2.20. The molecule has 3 nitrogen and oxygen atoms in total. The molecule has 5 heteroatoms. The summed E-state index contributed by atoms with van der Waals surface area (Å²) >= 11 is 6.90. The highest BCUT2D eigenvalue weighted by Gasteiger charge is 2.32. The number of benzene rings is 1. The molecule has 1 aromatic carbocycles. The second-order valence-corrected chi connectivity index (χ2v) is 8.71. The Morgan fingerprint density at radius 2 is 1.85 bits per heavy atom. The quantitative estimate of drug-likeness (QED) is 0.466. The van der Waals surface area contributed by atoms with Crippen LogP contribution in [-0.4, -0.2) is 34.8 Å². The van der Waals surface area contributed by atoms with E-state index in [1.807, 2.05) is 6.08 Å². The van der Waals surface area contributed by atoms with Gasteiger partial charge in [0, 0.05) is 25.3 Å². The number of nitrogens with zero attached hydrogens (tertiary/aromatic N) is 2. The molecule has 26 heavy (non-hydrogen) atoms. The molecule has 3 rings (SSSR count). The van der Waals surface area contributed by atoms with E-state index >= 15 is 0 Å². The number of anilines is 1. The predicted molar refractivity (Wildman–Crippen MR) is 116 cm³/mol. The maximum Gasteiger partial charge on any atom is 0.266 e. The zero-order chi connectivity index (χ0) is 18.5. The summed E-state index contributed by atoms with van der Waals surface area (Å²) < 4.78 is 0.707. The molecule has 1 aromatic rings. The SMILES string of the molecule is CCN(CC)c1ccc(C=C2SC(=S)N(CCC3CCCC3)C2=O)cc1. The highest BCUT2D eigenvalue weighted by atomic mass is 32.2. The molecule has 0 N–H and O–H groups in total. The Hall–Kier alpha value is -1.33. The molecule has 0 aromatic heterocycles. The van der Waals surface area contributed by atoms with Crippen LogP contribution >= 0.6 is 24.0 Å². The number of thiocarbonyl (C=S) groups is 1. The Bertz CT molecular complexity index is 674. The van der Waals surface area contributed by atoms with E-state index in [1.165, 1.54) is 43.1 Å². The second kappa shape index (κ2) is 9.05. The highest BCUT2D eigenvalue weighted by molar-refractivity contribution is 8.26. The number of hydrogen-bond acceptors (Lipinski definition) is 4. The Kier molecular flexibility index (Phi) is 6.76. The fourth-order valence-electron chi connectivity index (χ4n) is 3.82. The fraction of sp³-hybridized carbons (Fsp3) is 0.524. The van der Waals surface area contributed by atoms with Crippen molar-refractivity contribution in [2.75, 3.05) is 24.5 Å². The lowest BCUT2D eigenvalue weighted by atomic mass is 10.0. The van der Waals surface area contributed by atoms with Crippen molar-refractivity contribution in [3.05, 3.63) is 34.7 Å². The zero-order valence-electron chi connectivity index (χ0n) is 15.7. The Balaban J connectivity index is 1.65. The number of carbonyl (C=O) groups excluding carboxylic acids is 1. The molecule has 1 aliphatic heterocycles. The maximum atomic E-state index is 12.7. The third-order valence-corrected chi connectivity index (χ3v) is 6.81. The zero-order valence-corrected chi connectivity index (χ0v) is 17.4. The lowest BCUT2D eigenvalue weighted by molar-refractivity contribution is -0.122. The molecule has 0 atom stereocenters. The van der Waals surface area contributed by atoms with Gasteiger partial charge < -0.3 is 4.90 Å². The van der Waals surface area contributed by atoms with Crippen LogP contribution in [-0.2, 0) is 4.79 Å². The van der Waals surface area contributed by atoms with Gasteiger partial charge in [0.2, 0.25) is 0 Å². The van der Waals surface area contributed by atoms with Gasteiger partial charge in [-0.3, -0.25) is 9.69 Å². The van der Waals surface area contributed by atoms with Crippen molar-refractivity contribution < 1.29 is 4.79 Å². The van der Waals surface area contributed by atoms with Gasteiger partial charge in [-0.25, -0.2) is 0 Å². The fourth-order valence-corrected chi connectivity index (χ4v) is 5.13. The summed E-state index contributed by atoms with van der Waals surface area (Å²) in [4.78, 5) is 17.6. The van der Waals surface area contributed by atoms with Gasteiger partial charge in [-0.05, 0) is 50.0 Å². The third-order valence-electron chi connectivity index (χ3n) is 5.43. The average Bonchev–Trinajstić information content (AvgIpc) is 3.25. The van der Waals surface area contributed by atoms with Crippen LogP contribution in [0.25, 0.3) is 6.08 Å². The van der Waals surface area contributed by atoms with Crippen LogP contribution in [0.1, 0.15) is 51.5 Å². The van der Waals surface area contributed by atoms with Gasteiger partial charge in [0.15, 0.2) is 0 Å². The van der Waals surface area contributed by atoms with E-state index < -0.39 is 0 Å². The van der Waals surface area contributed by atoms with Crippen molar-refractivity contribution in [2.24, 2.45) is 5.92 Å². The Morgan fingerprint density at radius 3 is 2.46 bits per heavy atom. The number of amides is 1. The van der Waals surface area contributed by atoms with Gasteiger partial charge in [0.25, 0.3) is 5.91 Å². The topological polar surface area (TPSA) is 23.6 Å². The van der Waals surface area contributed by atoms with Crippen LogP contribution in [0.3, 0.4) is 0 Å². The molecule has 1 aliphatic carbocycles. The standard InChI is InChI=1S/C21H28N2OS2/c1-3-22(4-2)18-11-9-17(10-12-18)15-19-20(24)23(21(25)26-19)14-13-16-7-5-6-8-16/h9-12,15-16H,3-8,13-14H2,1-2H3. The smallest absolute Gasteiger partial charge is 0.266 e. The number of rotatable bonds is 7. The summed E-state index contributed by atoms with van der Waals surface area (Å²) in [5, 5.41) is 0. The molecule has 1 amide bonds. The van der Waals surface area contributed by atoms with Crippen LogP contribution in [0.15, 0.2) is 29.2 Å². The van der Waals surface area contributed by atoms with E-state index in [2.05, 4.69) is 43.0 Å². The minimum absolute atomic E-state index is 0.0748. The minimum atomic E-state index is 0.0748. The normalized spacial score (nSPS) is 19.8. The molecule has 0 unspecified atom stereocenters. The largest absolute Gasteiger partial charge is 0.372 e. The molecule has 0 spiro atoms. The first-order chi connectivity index (χ1) is 12.6. The van der Waals surface area contributed by atoms with Gasteiger partial charge in [-0.15, -0.1) is 0 Å². The van der Waals surface area contributed by atoms with Crippen molar-refractivity contribution in [3.63, 3.8) is 0 Å². The van der Waals surface area contributed by atoms with E-state index in [9.17, 15) is 4.79 Å². The highest BCUT2D eigenvalue weighted by Crippen LogP contribution is 2.34. The van der Waals surface area contributed by atoms with Gasteiger partial charge in [-0.1, -0.05) is 61.8 Å². The Labute approximate surface area is 166 Å². The van der Waals surface area contributed by atoms with Crippen molar-refractivity contribution >= 4 is 46.0 Å². The van der Waals surface area contributed by atoms with Crippen molar-refractivity contribution in [1.29, 1.82) is 0 Å². The molecule has 0 radical (unpaired) electrons. The van der Waals surface area contributed by atoms with Crippen LogP contribution in [0.2, 0.25) is 0 Å². The first kappa shape index (κ1) is 19.4. The Morgan fingerprint density at radius 1 is 1.19 bits per heavy atom. The van der Waals surface area contributed by atoms with E-state index in [0.29, 0.717) is 4.32 Å². The maximum absolute atomic E-state index is 12.7. The lowest BCUT2D eigenvalue weighted by Crippen LogP contribution is -2.30. The molecule has 1 heterocycles. The van der Waals surface area contributed by atoms with Crippen molar-refractivity contribution in [1.82, 2.24) is 4.90 Å². The summed E-state index contributed by atoms with van der Waals surface area (Å²) in [5.74, 6) is 0.849. The van der Waals surface area contributed by atoms with Crippen LogP contribution in [0, 0.1) is 5.92 Å². The molecular formula is C21H28N2OS2. The van der Waals surface area contributed by atoms with Gasteiger partial charge >= 0.3 is 0 Å². The second-order valence-electron chi connectivity index (χ2n) is 7.04. The third kappa shape index (κ3) is 4.49. The first-order valence-electron chi connectivity index (χ1n) is 9.72. The van der Waals surface area contributed by atoms with Crippen LogP contribution in [0.4, 0.5) is 5.69 Å². The van der Waals surface area contributed by atoms with Gasteiger partial charge in [-0.2, -0.15) is 0 Å². The van der Waals surface area contributed by atoms with E-state index in [4.69, 9.17) is 12.2 Å². The van der Waals surface area contributed by atoms with E-state index in [0.717, 1.165) is 42.4 Å². The molecule has 1 saturated carbocycles. The molecule has 140 valence electrons. The first-order valence-corrected chi connectivity index (χ1v) is 10.9. The van der Waals surface area contributed by atoms with Crippen LogP contribution in [0.5, 0.6) is 0 Å². The van der Waals surface area contributed by atoms with Crippen molar-refractivity contribution in [2.45, 2.75) is 46.0 Å². The number of hydrogen-bond donors (Lipinski definition) is 0. The summed E-state index contributed by atoms with van der Waals surface area (Å²) in [5.41, 5.74) is 2.27. The van der Waals surface area contributed by atoms with E-state index in [1.54, 1.807) is 4.90 Å². The number of thioether (sulfide) groups is 1. The molecule has 0 bridgehead atoms. The molecular weight excluding hydrogens is 360 g/mol. The van der Waals surface area contributed by atoms with E-state index in [-0.39, 0.29) is 5.91 Å². The predicted octanol–water partition coefficient (Wildman–Crippen LogP) is 5.31. The monoisotopic (exact) mass is 388 g/mol. The van der Waals surface area contributed by atoms with Crippen molar-refractivity contribution in [3.8, 4) is 0 Å². The average molecular weight is 389 g/mol. The van der Waals surface area contributed by atoms with Gasteiger partial charge in [0.1, 0.15) is 4.32 Å². The summed E-state index contributed by atoms with van der Waals surface area (Å²) in [7, 11) is 0. The van der Waals surface area contributed by atoms with Gasteiger partial charge in [0.05, 0.1) is 4.91 Å². The molecule has 2 aliphatic rings. The minimum Gasteiger partial charge on any atom is -0.372 e. The molecule has 1 saturated heterocycles. The molecule has 2 fully saturated rings. The summed E-state index contributed by atoms with van der Waals surface area (Å²) in [6.07, 6.45) is 8.35. The summed E-state index contributed by atoms with van der Waals surface area (Å²) in [6, 6.07) is 8.41. The number of carbonyl (C=O) groups is 1.